The summed E-state index contributed by atoms with van der Waals surface area (Å²) >= 11 is 0. The highest BCUT2D eigenvalue weighted by Crippen LogP contribution is 2.28. The highest BCUT2D eigenvalue weighted by atomic mass is 19.1. The molecular formula is C10H11FN2O5. The Morgan fingerprint density at radius 2 is 2.28 bits per heavy atom. The summed E-state index contributed by atoms with van der Waals surface area (Å²) in [7, 11) is 1.36. The lowest BCUT2D eigenvalue weighted by Gasteiger charge is -2.07. The number of hydrogen-bond donors (Lipinski definition) is 1. The number of hydrogen-bond acceptors (Lipinski definition) is 5. The molecule has 0 saturated heterocycles. The van der Waals surface area contributed by atoms with E-state index in [1.54, 1.807) is 0 Å². The van der Waals surface area contributed by atoms with E-state index in [-0.39, 0.29) is 17.1 Å². The number of alkyl halides is 1. The zero-order valence-corrected chi connectivity index (χ0v) is 9.51. The van der Waals surface area contributed by atoms with E-state index in [1.807, 2.05) is 0 Å². The number of anilines is 1. The SMILES string of the molecule is COc1ccc(NC(=O)OCCF)c([N+](=O)[O-])c1. The van der Waals surface area contributed by atoms with Crippen molar-refractivity contribution in [2.75, 3.05) is 25.7 Å². The molecule has 18 heavy (non-hydrogen) atoms. The van der Waals surface area contributed by atoms with Gasteiger partial charge in [0.05, 0.1) is 18.1 Å². The molecule has 1 amide bonds. The van der Waals surface area contributed by atoms with Crippen molar-refractivity contribution in [1.29, 1.82) is 0 Å². The number of carbonyl (C=O) groups excluding carboxylic acids is 1. The van der Waals surface area contributed by atoms with Crippen LogP contribution in [-0.2, 0) is 4.74 Å². The molecule has 0 saturated carbocycles. The van der Waals surface area contributed by atoms with Crippen molar-refractivity contribution in [3.63, 3.8) is 0 Å². The number of rotatable bonds is 5. The van der Waals surface area contributed by atoms with E-state index in [9.17, 15) is 19.3 Å². The minimum Gasteiger partial charge on any atom is -0.496 e. The van der Waals surface area contributed by atoms with Crippen LogP contribution in [0.1, 0.15) is 0 Å². The fourth-order valence-corrected chi connectivity index (χ4v) is 1.17. The Kier molecular flexibility index (Phi) is 4.85. The summed E-state index contributed by atoms with van der Waals surface area (Å²) in [4.78, 5) is 21.3. The number of nitro benzene ring substituents is 1. The Balaban J connectivity index is 2.87. The second-order valence-electron chi connectivity index (χ2n) is 3.09. The number of ether oxygens (including phenoxy) is 2. The van der Waals surface area contributed by atoms with Gasteiger partial charge in [0.15, 0.2) is 0 Å². The van der Waals surface area contributed by atoms with Gasteiger partial charge >= 0.3 is 6.09 Å². The summed E-state index contributed by atoms with van der Waals surface area (Å²) in [5.74, 6) is 0.282. The Morgan fingerprint density at radius 3 is 2.83 bits per heavy atom. The molecule has 0 aliphatic rings. The fraction of sp³-hybridized carbons (Fsp3) is 0.300. The minimum absolute atomic E-state index is 0.0512. The fourth-order valence-electron chi connectivity index (χ4n) is 1.17. The van der Waals surface area contributed by atoms with Crippen LogP contribution < -0.4 is 10.1 Å². The number of nitrogens with one attached hydrogen (secondary N) is 1. The first-order valence-corrected chi connectivity index (χ1v) is 4.90. The first-order valence-electron chi connectivity index (χ1n) is 4.90. The zero-order valence-electron chi connectivity index (χ0n) is 9.51. The molecule has 0 heterocycles. The van der Waals surface area contributed by atoms with Gasteiger partial charge in [-0.2, -0.15) is 0 Å². The lowest BCUT2D eigenvalue weighted by Crippen LogP contribution is -2.15. The molecule has 7 nitrogen and oxygen atoms in total. The molecule has 0 unspecified atom stereocenters. The van der Waals surface area contributed by atoms with Crippen molar-refractivity contribution in [2.45, 2.75) is 0 Å². The van der Waals surface area contributed by atoms with Crippen LogP contribution in [-0.4, -0.2) is 31.4 Å². The topological polar surface area (TPSA) is 90.7 Å². The molecule has 0 radical (unpaired) electrons. The van der Waals surface area contributed by atoms with Gasteiger partial charge in [-0.1, -0.05) is 0 Å². The Labute approximate surface area is 102 Å². The third-order valence-corrected chi connectivity index (χ3v) is 1.95. The molecule has 0 aliphatic heterocycles. The Bertz CT molecular complexity index is 452. The third-order valence-electron chi connectivity index (χ3n) is 1.95. The molecule has 0 spiro atoms. The predicted molar refractivity (Wildman–Crippen MR) is 60.6 cm³/mol. The summed E-state index contributed by atoms with van der Waals surface area (Å²) < 4.78 is 21.0. The quantitative estimate of drug-likeness (QED) is 0.645. The van der Waals surface area contributed by atoms with Crippen molar-refractivity contribution in [3.8, 4) is 5.75 Å². The largest absolute Gasteiger partial charge is 0.496 e. The molecule has 1 aromatic carbocycles. The van der Waals surface area contributed by atoms with E-state index in [0.29, 0.717) is 0 Å². The van der Waals surface area contributed by atoms with Crippen LogP contribution in [0.2, 0.25) is 0 Å². The second kappa shape index (κ2) is 6.38. The molecular weight excluding hydrogens is 247 g/mol. The molecule has 8 heteroatoms. The van der Waals surface area contributed by atoms with E-state index in [2.05, 4.69) is 10.1 Å². The van der Waals surface area contributed by atoms with Crippen molar-refractivity contribution >= 4 is 17.5 Å². The molecule has 98 valence electrons. The average molecular weight is 258 g/mol. The lowest BCUT2D eigenvalue weighted by atomic mass is 10.2. The van der Waals surface area contributed by atoms with Crippen LogP contribution in [0.15, 0.2) is 18.2 Å². The maximum Gasteiger partial charge on any atom is 0.411 e. The molecule has 0 aromatic heterocycles. The van der Waals surface area contributed by atoms with Gasteiger partial charge in [-0.3, -0.25) is 15.4 Å². The first-order chi connectivity index (χ1) is 8.58. The van der Waals surface area contributed by atoms with E-state index in [0.717, 1.165) is 6.07 Å². The van der Waals surface area contributed by atoms with Crippen molar-refractivity contribution in [1.82, 2.24) is 0 Å². The van der Waals surface area contributed by atoms with Gasteiger partial charge in [0.1, 0.15) is 24.7 Å². The Hall–Kier alpha value is -2.38. The summed E-state index contributed by atoms with van der Waals surface area (Å²) in [5.41, 5.74) is -0.392. The van der Waals surface area contributed by atoms with Gasteiger partial charge in [-0.25, -0.2) is 9.18 Å². The van der Waals surface area contributed by atoms with Crippen LogP contribution in [0.5, 0.6) is 5.75 Å². The van der Waals surface area contributed by atoms with Gasteiger partial charge in [-0.15, -0.1) is 0 Å². The standard InChI is InChI=1S/C10H11FN2O5/c1-17-7-2-3-8(9(6-7)13(15)16)12-10(14)18-5-4-11/h2-3,6H,4-5H2,1H3,(H,12,14). The smallest absolute Gasteiger partial charge is 0.411 e. The number of methoxy groups -OCH3 is 1. The summed E-state index contributed by atoms with van der Waals surface area (Å²) in [5, 5.41) is 12.9. The number of nitro groups is 1. The summed E-state index contributed by atoms with van der Waals surface area (Å²) in [6, 6.07) is 3.90. The minimum atomic E-state index is -0.957. The lowest BCUT2D eigenvalue weighted by molar-refractivity contribution is -0.384. The monoisotopic (exact) mass is 258 g/mol. The molecule has 0 aliphatic carbocycles. The number of benzene rings is 1. The predicted octanol–water partition coefficient (Wildman–Crippen LogP) is 2.12. The molecule has 0 fully saturated rings. The van der Waals surface area contributed by atoms with Crippen LogP contribution in [0.3, 0.4) is 0 Å². The third kappa shape index (κ3) is 3.58. The van der Waals surface area contributed by atoms with Crippen LogP contribution in [0.25, 0.3) is 0 Å². The van der Waals surface area contributed by atoms with Crippen LogP contribution >= 0.6 is 0 Å². The summed E-state index contributed by atoms with van der Waals surface area (Å²) in [6.45, 7) is -1.23. The highest BCUT2D eigenvalue weighted by molar-refractivity contribution is 5.88. The van der Waals surface area contributed by atoms with Crippen molar-refractivity contribution in [3.05, 3.63) is 28.3 Å². The number of carbonyl (C=O) groups is 1. The van der Waals surface area contributed by atoms with E-state index in [4.69, 9.17) is 4.74 Å². The van der Waals surface area contributed by atoms with E-state index < -0.39 is 24.3 Å². The maximum absolute atomic E-state index is 11.8. The first kappa shape index (κ1) is 13.7. The van der Waals surface area contributed by atoms with Crippen molar-refractivity contribution in [2.24, 2.45) is 0 Å². The Morgan fingerprint density at radius 1 is 1.56 bits per heavy atom. The van der Waals surface area contributed by atoms with Gasteiger partial charge in [0, 0.05) is 0 Å². The average Bonchev–Trinajstić information content (AvgIpc) is 2.36. The number of halogens is 1. The summed E-state index contributed by atoms with van der Waals surface area (Å²) in [6.07, 6.45) is -0.957. The van der Waals surface area contributed by atoms with Gasteiger partial charge in [0.25, 0.3) is 5.69 Å². The normalized spacial score (nSPS) is 9.67. The molecule has 1 rings (SSSR count). The molecule has 1 aromatic rings. The highest BCUT2D eigenvalue weighted by Gasteiger charge is 2.17. The number of nitrogens with zero attached hydrogens (tertiary/aromatic N) is 1. The molecule has 1 N–H and O–H groups in total. The van der Waals surface area contributed by atoms with E-state index in [1.165, 1.54) is 19.2 Å². The maximum atomic E-state index is 11.8. The van der Waals surface area contributed by atoms with Gasteiger partial charge in [-0.05, 0) is 12.1 Å². The van der Waals surface area contributed by atoms with E-state index >= 15 is 0 Å². The second-order valence-corrected chi connectivity index (χ2v) is 3.09. The van der Waals surface area contributed by atoms with Crippen LogP contribution in [0.4, 0.5) is 20.6 Å². The van der Waals surface area contributed by atoms with Crippen LogP contribution in [0, 0.1) is 10.1 Å². The molecule has 0 atom stereocenters. The molecule has 0 bridgehead atoms. The van der Waals surface area contributed by atoms with Gasteiger partial charge in [0.2, 0.25) is 0 Å². The zero-order chi connectivity index (χ0) is 13.5. The van der Waals surface area contributed by atoms with Gasteiger partial charge < -0.3 is 9.47 Å². The van der Waals surface area contributed by atoms with Crippen molar-refractivity contribution < 1.29 is 23.6 Å². The number of amides is 1.